The number of amides is 3. The number of nitrogens with zero attached hydrogens (tertiary/aromatic N) is 1. The van der Waals surface area contributed by atoms with E-state index in [4.69, 9.17) is 17.3 Å². The monoisotopic (exact) mass is 325 g/mol. The molecule has 22 heavy (non-hydrogen) atoms. The number of carbonyl (C=O) groups is 3. The van der Waals surface area contributed by atoms with Gasteiger partial charge in [-0.1, -0.05) is 11.6 Å². The van der Waals surface area contributed by atoms with Crippen LogP contribution in [0.5, 0.6) is 5.75 Å². The summed E-state index contributed by atoms with van der Waals surface area (Å²) in [6, 6.07) is 4.13. The van der Waals surface area contributed by atoms with Crippen LogP contribution in [0.15, 0.2) is 18.2 Å². The summed E-state index contributed by atoms with van der Waals surface area (Å²) in [7, 11) is 0. The number of hydrogen-bond acceptors (Lipinski definition) is 4. The number of benzene rings is 1. The predicted octanol–water partition coefficient (Wildman–Crippen LogP) is 0.708. The summed E-state index contributed by atoms with van der Waals surface area (Å²) < 4.78 is 0. The second kappa shape index (κ2) is 6.65. The minimum absolute atomic E-state index is 0.0675. The van der Waals surface area contributed by atoms with Gasteiger partial charge in [0.1, 0.15) is 5.75 Å². The average molecular weight is 326 g/mol. The number of piperidine rings is 1. The van der Waals surface area contributed by atoms with Gasteiger partial charge < -0.3 is 21.1 Å². The molecule has 1 heterocycles. The van der Waals surface area contributed by atoms with Crippen molar-refractivity contribution >= 4 is 35.0 Å². The highest BCUT2D eigenvalue weighted by molar-refractivity contribution is 6.40. The quantitative estimate of drug-likeness (QED) is 0.549. The Morgan fingerprint density at radius 1 is 1.27 bits per heavy atom. The first kappa shape index (κ1) is 16.1. The molecule has 1 fully saturated rings. The van der Waals surface area contributed by atoms with E-state index in [1.54, 1.807) is 0 Å². The lowest BCUT2D eigenvalue weighted by molar-refractivity contribution is -0.144. The second-order valence-electron chi connectivity index (χ2n) is 5.08. The first-order valence-electron chi connectivity index (χ1n) is 6.76. The molecule has 8 heteroatoms. The lowest BCUT2D eigenvalue weighted by atomic mass is 9.96. The molecule has 7 nitrogen and oxygen atoms in total. The van der Waals surface area contributed by atoms with Crippen molar-refractivity contribution in [2.75, 3.05) is 18.4 Å². The summed E-state index contributed by atoms with van der Waals surface area (Å²) >= 11 is 5.77. The zero-order valence-electron chi connectivity index (χ0n) is 11.7. The third-order valence-corrected chi connectivity index (χ3v) is 3.82. The molecule has 1 aliphatic rings. The van der Waals surface area contributed by atoms with Crippen molar-refractivity contribution in [2.45, 2.75) is 12.8 Å². The van der Waals surface area contributed by atoms with Crippen LogP contribution in [0.2, 0.25) is 5.02 Å². The van der Waals surface area contributed by atoms with Gasteiger partial charge in [0.05, 0.1) is 5.69 Å². The van der Waals surface area contributed by atoms with E-state index in [0.29, 0.717) is 31.0 Å². The van der Waals surface area contributed by atoms with E-state index >= 15 is 0 Å². The molecule has 0 saturated carbocycles. The molecule has 0 atom stereocenters. The number of hydrogen-bond donors (Lipinski definition) is 3. The van der Waals surface area contributed by atoms with E-state index in [9.17, 15) is 19.5 Å². The normalized spacial score (nSPS) is 15.4. The fourth-order valence-electron chi connectivity index (χ4n) is 2.29. The van der Waals surface area contributed by atoms with Gasteiger partial charge in [-0.05, 0) is 31.0 Å². The highest BCUT2D eigenvalue weighted by Crippen LogP contribution is 2.26. The Bertz CT molecular complexity index is 612. The molecule has 3 amide bonds. The van der Waals surface area contributed by atoms with Crippen molar-refractivity contribution in [1.29, 1.82) is 0 Å². The van der Waals surface area contributed by atoms with E-state index in [-0.39, 0.29) is 23.3 Å². The highest BCUT2D eigenvalue weighted by Gasteiger charge is 2.29. The summed E-state index contributed by atoms with van der Waals surface area (Å²) in [5, 5.41) is 12.3. The maximum absolute atomic E-state index is 12.1. The molecule has 1 saturated heterocycles. The molecular weight excluding hydrogens is 310 g/mol. The molecule has 1 aliphatic heterocycles. The van der Waals surface area contributed by atoms with Crippen LogP contribution in [-0.2, 0) is 14.4 Å². The van der Waals surface area contributed by atoms with Crippen molar-refractivity contribution < 1.29 is 19.5 Å². The first-order valence-corrected chi connectivity index (χ1v) is 7.14. The minimum atomic E-state index is -0.866. The third kappa shape index (κ3) is 3.67. The zero-order valence-corrected chi connectivity index (χ0v) is 12.5. The van der Waals surface area contributed by atoms with Crippen molar-refractivity contribution in [3.05, 3.63) is 23.2 Å². The molecular formula is C14H16ClN3O4. The van der Waals surface area contributed by atoms with Crippen molar-refractivity contribution in [3.8, 4) is 5.75 Å². The van der Waals surface area contributed by atoms with Crippen LogP contribution in [0.3, 0.4) is 0 Å². The van der Waals surface area contributed by atoms with Gasteiger partial charge in [0.2, 0.25) is 5.91 Å². The molecule has 1 aromatic carbocycles. The number of anilines is 1. The van der Waals surface area contributed by atoms with Gasteiger partial charge in [-0.15, -0.1) is 0 Å². The predicted molar refractivity (Wildman–Crippen MR) is 80.2 cm³/mol. The Balaban J connectivity index is 1.97. The van der Waals surface area contributed by atoms with Gasteiger partial charge >= 0.3 is 11.8 Å². The zero-order chi connectivity index (χ0) is 16.3. The van der Waals surface area contributed by atoms with Crippen LogP contribution in [0.4, 0.5) is 5.69 Å². The summed E-state index contributed by atoms with van der Waals surface area (Å²) in [5.74, 6) is -2.42. The van der Waals surface area contributed by atoms with E-state index in [2.05, 4.69) is 5.32 Å². The lowest BCUT2D eigenvalue weighted by Gasteiger charge is -2.29. The average Bonchev–Trinajstić information content (AvgIpc) is 2.50. The Morgan fingerprint density at radius 2 is 1.91 bits per heavy atom. The molecule has 0 bridgehead atoms. The Kier molecular flexibility index (Phi) is 4.87. The number of phenols is 1. The Labute approximate surface area is 132 Å². The number of aromatic hydroxyl groups is 1. The Hall–Kier alpha value is -2.28. The highest BCUT2D eigenvalue weighted by atomic mass is 35.5. The molecule has 2 rings (SSSR count). The Morgan fingerprint density at radius 3 is 2.50 bits per heavy atom. The van der Waals surface area contributed by atoms with Crippen LogP contribution in [0.1, 0.15) is 12.8 Å². The molecule has 0 aromatic heterocycles. The maximum Gasteiger partial charge on any atom is 0.314 e. The van der Waals surface area contributed by atoms with Gasteiger partial charge in [0.15, 0.2) is 0 Å². The number of nitrogens with two attached hydrogens (primary N) is 1. The number of rotatable bonds is 2. The number of halogens is 1. The van der Waals surface area contributed by atoms with Crippen molar-refractivity contribution in [1.82, 2.24) is 4.90 Å². The molecule has 0 aliphatic carbocycles. The lowest BCUT2D eigenvalue weighted by Crippen LogP contribution is -2.46. The van der Waals surface area contributed by atoms with E-state index in [1.165, 1.54) is 23.1 Å². The number of primary amides is 1. The molecule has 0 unspecified atom stereocenters. The topological polar surface area (TPSA) is 113 Å². The second-order valence-corrected chi connectivity index (χ2v) is 5.52. The van der Waals surface area contributed by atoms with E-state index < -0.39 is 11.8 Å². The number of nitrogens with one attached hydrogen (secondary N) is 1. The fourth-order valence-corrected chi connectivity index (χ4v) is 2.47. The van der Waals surface area contributed by atoms with Crippen LogP contribution >= 0.6 is 11.6 Å². The number of carbonyl (C=O) groups excluding carboxylic acids is 3. The summed E-state index contributed by atoms with van der Waals surface area (Å²) in [6.45, 7) is 0.586. The number of phenolic OH excluding ortho intramolecular Hbond substituents is 1. The van der Waals surface area contributed by atoms with E-state index in [0.717, 1.165) is 0 Å². The summed E-state index contributed by atoms with van der Waals surface area (Å²) in [4.78, 5) is 36.4. The van der Waals surface area contributed by atoms with Gasteiger partial charge in [-0.25, -0.2) is 0 Å². The van der Waals surface area contributed by atoms with Crippen LogP contribution in [0, 0.1) is 5.92 Å². The molecule has 4 N–H and O–H groups in total. The fraction of sp³-hybridized carbons (Fsp3) is 0.357. The smallest absolute Gasteiger partial charge is 0.314 e. The van der Waals surface area contributed by atoms with Crippen molar-refractivity contribution in [3.63, 3.8) is 0 Å². The van der Waals surface area contributed by atoms with Crippen LogP contribution in [0.25, 0.3) is 0 Å². The summed E-state index contributed by atoms with van der Waals surface area (Å²) in [6.07, 6.45) is 0.882. The standard InChI is InChI=1S/C14H16ClN3O4/c15-9-1-2-11(19)10(7-9)17-13(21)14(22)18-5-3-8(4-6-18)12(16)20/h1-2,7-8,19H,3-6H2,(H2,16,20)(H,17,21). The molecule has 0 spiro atoms. The van der Waals surface area contributed by atoms with Gasteiger partial charge in [-0.3, -0.25) is 14.4 Å². The van der Waals surface area contributed by atoms with E-state index in [1.807, 2.05) is 0 Å². The van der Waals surface area contributed by atoms with Gasteiger partial charge in [0, 0.05) is 24.0 Å². The summed E-state index contributed by atoms with van der Waals surface area (Å²) in [5.41, 5.74) is 5.29. The molecule has 118 valence electrons. The SMILES string of the molecule is NC(=O)C1CCN(C(=O)C(=O)Nc2cc(Cl)ccc2O)CC1. The largest absolute Gasteiger partial charge is 0.506 e. The van der Waals surface area contributed by atoms with Crippen molar-refractivity contribution in [2.24, 2.45) is 11.7 Å². The maximum atomic E-state index is 12.1. The van der Waals surface area contributed by atoms with Crippen LogP contribution in [-0.4, -0.2) is 40.8 Å². The van der Waals surface area contributed by atoms with Gasteiger partial charge in [-0.2, -0.15) is 0 Å². The van der Waals surface area contributed by atoms with Gasteiger partial charge in [0.25, 0.3) is 0 Å². The molecule has 0 radical (unpaired) electrons. The third-order valence-electron chi connectivity index (χ3n) is 3.59. The minimum Gasteiger partial charge on any atom is -0.506 e. The number of likely N-dealkylation sites (tertiary alicyclic amines) is 1. The van der Waals surface area contributed by atoms with Crippen LogP contribution < -0.4 is 11.1 Å². The molecule has 1 aromatic rings. The first-order chi connectivity index (χ1) is 10.4.